The van der Waals surface area contributed by atoms with Gasteiger partial charge >= 0.3 is 5.97 Å². The minimum atomic E-state index is -1.08. The molecule has 5 heteroatoms. The van der Waals surface area contributed by atoms with Crippen LogP contribution in [0.5, 0.6) is 5.75 Å². The normalized spacial score (nSPS) is 10.5. The van der Waals surface area contributed by atoms with E-state index in [2.05, 4.69) is 5.16 Å². The van der Waals surface area contributed by atoms with Gasteiger partial charge < -0.3 is 14.7 Å². The van der Waals surface area contributed by atoms with E-state index in [0.29, 0.717) is 22.6 Å². The Bertz CT molecular complexity index is 567. The molecule has 5 nitrogen and oxygen atoms in total. The molecule has 0 unspecified atom stereocenters. The van der Waals surface area contributed by atoms with Crippen LogP contribution < -0.4 is 0 Å². The number of rotatable bonds is 2. The molecule has 0 amide bonds. The number of hydrogen-bond donors (Lipinski definition) is 2. The molecule has 0 aliphatic heterocycles. The summed E-state index contributed by atoms with van der Waals surface area (Å²) in [5.74, 6) is -0.592. The summed E-state index contributed by atoms with van der Waals surface area (Å²) in [7, 11) is 0. The lowest BCUT2D eigenvalue weighted by atomic mass is 10.0. The fourth-order valence-corrected chi connectivity index (χ4v) is 1.74. The van der Waals surface area contributed by atoms with Gasteiger partial charge in [-0.15, -0.1) is 0 Å². The highest BCUT2D eigenvalue weighted by Gasteiger charge is 2.16. The van der Waals surface area contributed by atoms with Crippen LogP contribution in [0, 0.1) is 13.8 Å². The first-order valence-electron chi connectivity index (χ1n) is 5.00. The van der Waals surface area contributed by atoms with E-state index in [1.807, 2.05) is 0 Å². The second kappa shape index (κ2) is 3.93. The molecule has 1 aromatic carbocycles. The average Bonchev–Trinajstić information content (AvgIpc) is 2.59. The van der Waals surface area contributed by atoms with E-state index in [4.69, 9.17) is 9.63 Å². The standard InChI is InChI=1S/C12H11NO4/c1-6-11(7(2)17-13-6)9-4-3-8(12(15)16)5-10(9)14/h3-5,14H,1-2H3,(H,15,16). The lowest BCUT2D eigenvalue weighted by molar-refractivity contribution is 0.0696. The number of carboxylic acid groups (broad SMARTS) is 1. The van der Waals surface area contributed by atoms with E-state index in [9.17, 15) is 9.90 Å². The van der Waals surface area contributed by atoms with Crippen molar-refractivity contribution >= 4 is 5.97 Å². The maximum Gasteiger partial charge on any atom is 0.335 e. The van der Waals surface area contributed by atoms with Crippen molar-refractivity contribution < 1.29 is 19.5 Å². The van der Waals surface area contributed by atoms with Crippen LogP contribution in [0.1, 0.15) is 21.8 Å². The number of phenolic OH excluding ortho intramolecular Hbond substituents is 1. The van der Waals surface area contributed by atoms with E-state index in [1.54, 1.807) is 19.9 Å². The Labute approximate surface area is 97.3 Å². The number of aromatic carboxylic acids is 1. The zero-order chi connectivity index (χ0) is 12.6. The van der Waals surface area contributed by atoms with Crippen molar-refractivity contribution in [3.63, 3.8) is 0 Å². The lowest BCUT2D eigenvalue weighted by Gasteiger charge is -2.04. The third kappa shape index (κ3) is 1.87. The number of nitrogens with zero attached hydrogens (tertiary/aromatic N) is 1. The Hall–Kier alpha value is -2.30. The third-order valence-electron chi connectivity index (χ3n) is 2.55. The van der Waals surface area contributed by atoms with Crippen molar-refractivity contribution in [2.24, 2.45) is 0 Å². The number of hydrogen-bond acceptors (Lipinski definition) is 4. The summed E-state index contributed by atoms with van der Waals surface area (Å²) in [6, 6.07) is 4.19. The van der Waals surface area contributed by atoms with Gasteiger partial charge in [0.05, 0.1) is 16.8 Å². The van der Waals surface area contributed by atoms with Crippen LogP contribution in [-0.2, 0) is 0 Å². The maximum absolute atomic E-state index is 10.7. The first-order chi connectivity index (χ1) is 8.00. The van der Waals surface area contributed by atoms with Crippen molar-refractivity contribution in [2.75, 3.05) is 0 Å². The van der Waals surface area contributed by atoms with Gasteiger partial charge in [-0.3, -0.25) is 0 Å². The smallest absolute Gasteiger partial charge is 0.335 e. The largest absolute Gasteiger partial charge is 0.507 e. The second-order valence-electron chi connectivity index (χ2n) is 3.74. The van der Waals surface area contributed by atoms with Crippen molar-refractivity contribution in [3.05, 3.63) is 35.2 Å². The highest BCUT2D eigenvalue weighted by atomic mass is 16.5. The molecule has 0 atom stereocenters. The number of carbonyl (C=O) groups is 1. The Morgan fingerprint density at radius 2 is 2.06 bits per heavy atom. The minimum absolute atomic E-state index is 0.0398. The van der Waals surface area contributed by atoms with E-state index >= 15 is 0 Å². The van der Waals surface area contributed by atoms with Crippen LogP contribution in [0.2, 0.25) is 0 Å². The van der Waals surface area contributed by atoms with Gasteiger partial charge in [0.2, 0.25) is 0 Å². The summed E-state index contributed by atoms with van der Waals surface area (Å²) in [5, 5.41) is 22.4. The first-order valence-corrected chi connectivity index (χ1v) is 5.00. The highest BCUT2D eigenvalue weighted by molar-refractivity contribution is 5.89. The summed E-state index contributed by atoms with van der Waals surface area (Å²) >= 11 is 0. The van der Waals surface area contributed by atoms with Crippen LogP contribution in [0.3, 0.4) is 0 Å². The Morgan fingerprint density at radius 3 is 2.53 bits per heavy atom. The molecule has 1 heterocycles. The van der Waals surface area contributed by atoms with Gasteiger partial charge in [0.1, 0.15) is 11.5 Å². The molecule has 0 fully saturated rings. The summed E-state index contributed by atoms with van der Waals surface area (Å²) in [5.41, 5.74) is 1.91. The summed E-state index contributed by atoms with van der Waals surface area (Å²) in [6.07, 6.45) is 0. The summed E-state index contributed by atoms with van der Waals surface area (Å²) in [6.45, 7) is 3.50. The number of aromatic nitrogens is 1. The monoisotopic (exact) mass is 233 g/mol. The number of benzene rings is 1. The number of aromatic hydroxyl groups is 1. The summed E-state index contributed by atoms with van der Waals surface area (Å²) in [4.78, 5) is 10.7. The molecule has 0 aliphatic rings. The van der Waals surface area contributed by atoms with Crippen LogP contribution in [0.4, 0.5) is 0 Å². The SMILES string of the molecule is Cc1noc(C)c1-c1ccc(C(=O)O)cc1O. The average molecular weight is 233 g/mol. The van der Waals surface area contributed by atoms with E-state index in [0.717, 1.165) is 0 Å². The van der Waals surface area contributed by atoms with Crippen molar-refractivity contribution in [1.29, 1.82) is 0 Å². The molecule has 0 bridgehead atoms. The molecular formula is C12H11NO4. The zero-order valence-corrected chi connectivity index (χ0v) is 9.39. The minimum Gasteiger partial charge on any atom is -0.507 e. The van der Waals surface area contributed by atoms with Gasteiger partial charge in [-0.1, -0.05) is 5.16 Å². The van der Waals surface area contributed by atoms with Crippen molar-refractivity contribution in [1.82, 2.24) is 5.16 Å². The quantitative estimate of drug-likeness (QED) is 0.831. The van der Waals surface area contributed by atoms with Crippen molar-refractivity contribution in [3.8, 4) is 16.9 Å². The fraction of sp³-hybridized carbons (Fsp3) is 0.167. The number of phenols is 1. The van der Waals surface area contributed by atoms with Crippen LogP contribution in [-0.4, -0.2) is 21.3 Å². The highest BCUT2D eigenvalue weighted by Crippen LogP contribution is 2.34. The van der Waals surface area contributed by atoms with Gasteiger partial charge in [0.15, 0.2) is 0 Å². The molecule has 0 saturated carbocycles. The second-order valence-corrected chi connectivity index (χ2v) is 3.74. The topological polar surface area (TPSA) is 83.6 Å². The molecule has 88 valence electrons. The molecule has 2 rings (SSSR count). The molecule has 2 aromatic rings. The Morgan fingerprint density at radius 1 is 1.35 bits per heavy atom. The van der Waals surface area contributed by atoms with Crippen LogP contribution in [0.15, 0.2) is 22.7 Å². The molecule has 2 N–H and O–H groups in total. The molecule has 17 heavy (non-hydrogen) atoms. The molecule has 0 aliphatic carbocycles. The van der Waals surface area contributed by atoms with Gasteiger partial charge in [-0.25, -0.2) is 4.79 Å². The summed E-state index contributed by atoms with van der Waals surface area (Å²) < 4.78 is 5.00. The molecular weight excluding hydrogens is 222 g/mol. The fourth-order valence-electron chi connectivity index (χ4n) is 1.74. The van der Waals surface area contributed by atoms with E-state index in [-0.39, 0.29) is 11.3 Å². The van der Waals surface area contributed by atoms with Crippen LogP contribution in [0.25, 0.3) is 11.1 Å². The molecule has 0 saturated heterocycles. The third-order valence-corrected chi connectivity index (χ3v) is 2.55. The predicted octanol–water partition coefficient (Wildman–Crippen LogP) is 2.36. The van der Waals surface area contributed by atoms with Gasteiger partial charge in [0.25, 0.3) is 0 Å². The van der Waals surface area contributed by atoms with Crippen molar-refractivity contribution in [2.45, 2.75) is 13.8 Å². The number of carboxylic acids is 1. The molecule has 1 aromatic heterocycles. The number of aryl methyl sites for hydroxylation is 2. The molecule has 0 radical (unpaired) electrons. The van der Waals surface area contributed by atoms with Crippen LogP contribution >= 0.6 is 0 Å². The van der Waals surface area contributed by atoms with E-state index in [1.165, 1.54) is 12.1 Å². The van der Waals surface area contributed by atoms with Gasteiger partial charge in [-0.2, -0.15) is 0 Å². The Kier molecular flexibility index (Phi) is 2.59. The zero-order valence-electron chi connectivity index (χ0n) is 9.39. The lowest BCUT2D eigenvalue weighted by Crippen LogP contribution is -1.96. The van der Waals surface area contributed by atoms with Gasteiger partial charge in [0, 0.05) is 5.56 Å². The predicted molar refractivity (Wildman–Crippen MR) is 60.0 cm³/mol. The first kappa shape index (κ1) is 11.2. The Balaban J connectivity index is 2.58. The maximum atomic E-state index is 10.7. The molecule has 0 spiro atoms. The van der Waals surface area contributed by atoms with E-state index < -0.39 is 5.97 Å². The van der Waals surface area contributed by atoms with Gasteiger partial charge in [-0.05, 0) is 32.0 Å².